The largest absolute Gasteiger partial charge is 0.493 e. The molecule has 30 heavy (non-hydrogen) atoms. The first-order valence-electron chi connectivity index (χ1n) is 9.43. The SMILES string of the molecule is CCOc1cc(OCC)c(/C=C2\C(=O)NC(=S)N(c3ccc(C)cc3)C2=O)cc1Br. The van der Waals surface area contributed by atoms with Gasteiger partial charge >= 0.3 is 0 Å². The lowest BCUT2D eigenvalue weighted by molar-refractivity contribution is -0.122. The van der Waals surface area contributed by atoms with E-state index in [1.54, 1.807) is 24.3 Å². The summed E-state index contributed by atoms with van der Waals surface area (Å²) < 4.78 is 12.0. The molecule has 156 valence electrons. The number of ether oxygens (including phenoxy) is 2. The molecule has 0 bridgehead atoms. The fraction of sp³-hybridized carbons (Fsp3) is 0.227. The minimum Gasteiger partial charge on any atom is -0.493 e. The molecule has 1 aliphatic rings. The van der Waals surface area contributed by atoms with Crippen molar-refractivity contribution in [3.8, 4) is 11.5 Å². The van der Waals surface area contributed by atoms with Crippen molar-refractivity contribution in [1.82, 2.24) is 5.32 Å². The Bertz CT molecular complexity index is 1030. The number of halogens is 1. The highest BCUT2D eigenvalue weighted by molar-refractivity contribution is 9.10. The number of hydrogen-bond acceptors (Lipinski definition) is 5. The Morgan fingerprint density at radius 1 is 1.07 bits per heavy atom. The van der Waals surface area contributed by atoms with Crippen LogP contribution >= 0.6 is 28.1 Å². The minimum absolute atomic E-state index is 0.0406. The summed E-state index contributed by atoms with van der Waals surface area (Å²) in [5.74, 6) is 0.0677. The Labute approximate surface area is 189 Å². The van der Waals surface area contributed by atoms with Crippen molar-refractivity contribution in [1.29, 1.82) is 0 Å². The summed E-state index contributed by atoms with van der Waals surface area (Å²) in [5.41, 5.74) is 2.16. The number of thiocarbonyl (C=S) groups is 1. The summed E-state index contributed by atoms with van der Waals surface area (Å²) in [6.07, 6.45) is 1.51. The lowest BCUT2D eigenvalue weighted by atomic mass is 10.1. The Morgan fingerprint density at radius 2 is 1.70 bits per heavy atom. The van der Waals surface area contributed by atoms with Gasteiger partial charge in [-0.2, -0.15) is 0 Å². The van der Waals surface area contributed by atoms with Crippen molar-refractivity contribution in [3.63, 3.8) is 0 Å². The predicted octanol–water partition coefficient (Wildman–Crippen LogP) is 4.39. The van der Waals surface area contributed by atoms with Gasteiger partial charge < -0.3 is 9.47 Å². The van der Waals surface area contributed by atoms with Gasteiger partial charge in [-0.25, -0.2) is 0 Å². The monoisotopic (exact) mass is 488 g/mol. The minimum atomic E-state index is -0.555. The van der Waals surface area contributed by atoms with Gasteiger partial charge in [0.1, 0.15) is 17.1 Å². The highest BCUT2D eigenvalue weighted by atomic mass is 79.9. The maximum Gasteiger partial charge on any atom is 0.270 e. The molecule has 1 fully saturated rings. The molecule has 0 saturated carbocycles. The molecule has 1 N–H and O–H groups in total. The molecule has 1 saturated heterocycles. The standard InChI is InChI=1S/C22H21BrN2O4S/c1-4-28-18-12-19(29-5-2)17(23)11-14(18)10-16-20(26)24-22(30)25(21(16)27)15-8-6-13(3)7-9-15/h6-12H,4-5H2,1-3H3,(H,24,26,30)/b16-10+. The third kappa shape index (κ3) is 4.55. The van der Waals surface area contributed by atoms with Crippen LogP contribution in [0, 0.1) is 6.92 Å². The molecule has 3 rings (SSSR count). The lowest BCUT2D eigenvalue weighted by Gasteiger charge is -2.29. The quantitative estimate of drug-likeness (QED) is 0.371. The number of rotatable bonds is 6. The first kappa shape index (κ1) is 22.0. The predicted molar refractivity (Wildman–Crippen MR) is 124 cm³/mol. The van der Waals surface area contributed by atoms with E-state index in [4.69, 9.17) is 21.7 Å². The average Bonchev–Trinajstić information content (AvgIpc) is 2.70. The molecule has 0 spiro atoms. The zero-order chi connectivity index (χ0) is 21.8. The van der Waals surface area contributed by atoms with Crippen molar-refractivity contribution in [2.45, 2.75) is 20.8 Å². The van der Waals surface area contributed by atoms with Crippen LogP contribution in [0.2, 0.25) is 0 Å². The van der Waals surface area contributed by atoms with E-state index < -0.39 is 11.8 Å². The van der Waals surface area contributed by atoms with E-state index in [1.807, 2.05) is 32.9 Å². The normalized spacial score (nSPS) is 15.4. The van der Waals surface area contributed by atoms with Crippen molar-refractivity contribution >= 4 is 56.8 Å². The second-order valence-corrected chi connectivity index (χ2v) is 7.72. The van der Waals surface area contributed by atoms with Crippen molar-refractivity contribution < 1.29 is 19.1 Å². The zero-order valence-corrected chi connectivity index (χ0v) is 19.2. The van der Waals surface area contributed by atoms with Gasteiger partial charge in [0.15, 0.2) is 5.11 Å². The topological polar surface area (TPSA) is 67.9 Å². The van der Waals surface area contributed by atoms with Gasteiger partial charge in [-0.15, -0.1) is 0 Å². The van der Waals surface area contributed by atoms with Crippen LogP contribution in [0.15, 0.2) is 46.4 Å². The molecular weight excluding hydrogens is 468 g/mol. The fourth-order valence-electron chi connectivity index (χ4n) is 2.95. The summed E-state index contributed by atoms with van der Waals surface area (Å²) in [5, 5.41) is 2.64. The molecule has 2 aromatic carbocycles. The maximum atomic E-state index is 13.2. The van der Waals surface area contributed by atoms with Gasteiger partial charge in [0.25, 0.3) is 11.8 Å². The first-order chi connectivity index (χ1) is 14.3. The zero-order valence-electron chi connectivity index (χ0n) is 16.8. The van der Waals surface area contributed by atoms with E-state index in [-0.39, 0.29) is 10.7 Å². The van der Waals surface area contributed by atoms with Crippen LogP contribution < -0.4 is 19.7 Å². The van der Waals surface area contributed by atoms with Crippen LogP contribution in [0.4, 0.5) is 5.69 Å². The van der Waals surface area contributed by atoms with Crippen molar-refractivity contribution in [3.05, 3.63) is 57.6 Å². The molecule has 0 aromatic heterocycles. The molecule has 1 aliphatic heterocycles. The summed E-state index contributed by atoms with van der Waals surface area (Å²) >= 11 is 8.71. The second-order valence-electron chi connectivity index (χ2n) is 6.48. The summed E-state index contributed by atoms with van der Waals surface area (Å²) in [4.78, 5) is 27.1. The number of nitrogens with zero attached hydrogens (tertiary/aromatic N) is 1. The first-order valence-corrected chi connectivity index (χ1v) is 10.6. The molecule has 8 heteroatoms. The number of carbonyl (C=O) groups is 2. The van der Waals surface area contributed by atoms with Crippen LogP contribution in [0.3, 0.4) is 0 Å². The van der Waals surface area contributed by atoms with Gasteiger partial charge in [0.2, 0.25) is 0 Å². The highest BCUT2D eigenvalue weighted by Crippen LogP contribution is 2.35. The van der Waals surface area contributed by atoms with E-state index >= 15 is 0 Å². The molecule has 0 atom stereocenters. The van der Waals surface area contributed by atoms with Crippen LogP contribution in [-0.4, -0.2) is 30.1 Å². The molecule has 0 aliphatic carbocycles. The number of benzene rings is 2. The Hall–Kier alpha value is -2.71. The van der Waals surface area contributed by atoms with E-state index in [0.29, 0.717) is 40.4 Å². The molecule has 2 aromatic rings. The number of aryl methyl sites for hydroxylation is 1. The Kier molecular flexibility index (Phi) is 6.89. The van der Waals surface area contributed by atoms with Gasteiger partial charge in [-0.05, 0) is 73.2 Å². The highest BCUT2D eigenvalue weighted by Gasteiger charge is 2.34. The van der Waals surface area contributed by atoms with E-state index in [9.17, 15) is 9.59 Å². The molecule has 0 unspecified atom stereocenters. The number of hydrogen-bond donors (Lipinski definition) is 1. The number of amides is 2. The fourth-order valence-corrected chi connectivity index (χ4v) is 3.71. The van der Waals surface area contributed by atoms with Crippen LogP contribution in [-0.2, 0) is 9.59 Å². The smallest absolute Gasteiger partial charge is 0.270 e. The number of anilines is 1. The van der Waals surface area contributed by atoms with Gasteiger partial charge in [-0.1, -0.05) is 17.7 Å². The van der Waals surface area contributed by atoms with Gasteiger partial charge in [0.05, 0.1) is 23.4 Å². The van der Waals surface area contributed by atoms with Crippen molar-refractivity contribution in [2.24, 2.45) is 0 Å². The van der Waals surface area contributed by atoms with Crippen LogP contribution in [0.5, 0.6) is 11.5 Å². The van der Waals surface area contributed by atoms with Crippen LogP contribution in [0.1, 0.15) is 25.0 Å². The summed E-state index contributed by atoms with van der Waals surface area (Å²) in [7, 11) is 0. The summed E-state index contributed by atoms with van der Waals surface area (Å²) in [6.45, 7) is 6.61. The summed E-state index contributed by atoms with van der Waals surface area (Å²) in [6, 6.07) is 10.8. The second kappa shape index (κ2) is 9.40. The Balaban J connectivity index is 2.05. The lowest BCUT2D eigenvalue weighted by Crippen LogP contribution is -2.54. The number of carbonyl (C=O) groups excluding carboxylic acids is 2. The van der Waals surface area contributed by atoms with Gasteiger partial charge in [-0.3, -0.25) is 19.8 Å². The molecule has 6 nitrogen and oxygen atoms in total. The van der Waals surface area contributed by atoms with E-state index in [1.165, 1.54) is 11.0 Å². The third-order valence-electron chi connectivity index (χ3n) is 4.36. The van der Waals surface area contributed by atoms with E-state index in [2.05, 4.69) is 21.2 Å². The average molecular weight is 489 g/mol. The van der Waals surface area contributed by atoms with Gasteiger partial charge in [0, 0.05) is 11.6 Å². The van der Waals surface area contributed by atoms with Crippen molar-refractivity contribution in [2.75, 3.05) is 18.1 Å². The van der Waals surface area contributed by atoms with E-state index in [0.717, 1.165) is 5.56 Å². The maximum absolute atomic E-state index is 13.2. The third-order valence-corrected chi connectivity index (χ3v) is 5.26. The molecule has 2 amide bonds. The number of nitrogens with one attached hydrogen (secondary N) is 1. The molecular formula is C22H21BrN2O4S. The van der Waals surface area contributed by atoms with Crippen LogP contribution in [0.25, 0.3) is 6.08 Å². The molecule has 0 radical (unpaired) electrons. The Morgan fingerprint density at radius 3 is 2.33 bits per heavy atom. The molecule has 1 heterocycles.